The van der Waals surface area contributed by atoms with Crippen LogP contribution in [0.5, 0.6) is 0 Å². The molecular weight excluding hydrogens is 378 g/mol. The number of pyridine rings is 1. The lowest BCUT2D eigenvalue weighted by Gasteiger charge is -2.30. The maximum Gasteiger partial charge on any atom is 0.341 e. The van der Waals surface area contributed by atoms with Crippen LogP contribution in [0.15, 0.2) is 47.6 Å². The van der Waals surface area contributed by atoms with Crippen molar-refractivity contribution in [3.05, 3.63) is 75.8 Å². The molecule has 150 valence electrons. The van der Waals surface area contributed by atoms with E-state index in [0.29, 0.717) is 5.57 Å². The number of hydrogen-bond acceptors (Lipinski definition) is 3. The SMILES string of the molecule is C=CC1=CC(c2c(F)cc3c(=O)c(C(=O)O)cn(C4CC4)c3c2F)=CC(C)N1C. The fraction of sp³-hybridized carbons (Fsp3) is 0.273. The van der Waals surface area contributed by atoms with Crippen LogP contribution in [0.3, 0.4) is 0 Å². The van der Waals surface area contributed by atoms with Crippen LogP contribution < -0.4 is 5.43 Å². The number of likely N-dealkylation sites (N-methyl/N-ethyl adjacent to an activating group) is 1. The minimum Gasteiger partial charge on any atom is -0.477 e. The Bertz CT molecular complexity index is 1190. The van der Waals surface area contributed by atoms with Crippen LogP contribution >= 0.6 is 0 Å². The highest BCUT2D eigenvalue weighted by Gasteiger charge is 2.31. The van der Waals surface area contributed by atoms with Gasteiger partial charge < -0.3 is 14.6 Å². The third-order valence-electron chi connectivity index (χ3n) is 5.62. The van der Waals surface area contributed by atoms with Gasteiger partial charge in [-0.25, -0.2) is 13.6 Å². The maximum absolute atomic E-state index is 15.7. The zero-order valence-corrected chi connectivity index (χ0v) is 16.1. The molecule has 1 aromatic carbocycles. The molecule has 0 saturated heterocycles. The lowest BCUT2D eigenvalue weighted by Crippen LogP contribution is -2.29. The van der Waals surface area contributed by atoms with Gasteiger partial charge in [0.15, 0.2) is 5.82 Å². The zero-order chi connectivity index (χ0) is 21.0. The number of aromatic carboxylic acids is 1. The molecule has 0 spiro atoms. The van der Waals surface area contributed by atoms with Crippen LogP contribution in [0.25, 0.3) is 16.5 Å². The number of allylic oxidation sites excluding steroid dienone is 3. The molecule has 1 N–H and O–H groups in total. The summed E-state index contributed by atoms with van der Waals surface area (Å²) in [6.07, 6.45) is 7.66. The van der Waals surface area contributed by atoms with Gasteiger partial charge in [0.25, 0.3) is 0 Å². The molecule has 1 unspecified atom stereocenters. The Hall–Kier alpha value is -3.22. The van der Waals surface area contributed by atoms with Gasteiger partial charge in [-0.1, -0.05) is 12.7 Å². The summed E-state index contributed by atoms with van der Waals surface area (Å²) in [5.41, 5.74) is -0.582. The topological polar surface area (TPSA) is 62.5 Å². The summed E-state index contributed by atoms with van der Waals surface area (Å²) in [4.78, 5) is 25.9. The Morgan fingerprint density at radius 2 is 2.03 bits per heavy atom. The summed E-state index contributed by atoms with van der Waals surface area (Å²) in [6, 6.07) is 0.735. The number of carbonyl (C=O) groups is 1. The van der Waals surface area contributed by atoms with Crippen molar-refractivity contribution >= 4 is 22.4 Å². The average Bonchev–Trinajstić information content (AvgIpc) is 3.50. The fourth-order valence-electron chi connectivity index (χ4n) is 3.77. The van der Waals surface area contributed by atoms with Gasteiger partial charge in [-0.3, -0.25) is 4.79 Å². The van der Waals surface area contributed by atoms with E-state index in [4.69, 9.17) is 0 Å². The third-order valence-corrected chi connectivity index (χ3v) is 5.62. The Kier molecular flexibility index (Phi) is 4.41. The van der Waals surface area contributed by atoms with Crippen molar-refractivity contribution in [1.29, 1.82) is 0 Å². The first-order valence-corrected chi connectivity index (χ1v) is 9.33. The van der Waals surface area contributed by atoms with E-state index in [1.54, 1.807) is 18.2 Å². The third kappa shape index (κ3) is 2.97. The van der Waals surface area contributed by atoms with Crippen molar-refractivity contribution in [2.24, 2.45) is 0 Å². The molecule has 0 amide bonds. The Morgan fingerprint density at radius 1 is 1.34 bits per heavy atom. The van der Waals surface area contributed by atoms with Crippen LogP contribution in [-0.2, 0) is 0 Å². The first-order valence-electron chi connectivity index (χ1n) is 9.33. The fourth-order valence-corrected chi connectivity index (χ4v) is 3.77. The van der Waals surface area contributed by atoms with Crippen LogP contribution in [0, 0.1) is 11.6 Å². The zero-order valence-electron chi connectivity index (χ0n) is 16.1. The molecule has 1 aromatic heterocycles. The van der Waals surface area contributed by atoms with Crippen LogP contribution in [0.4, 0.5) is 8.78 Å². The van der Waals surface area contributed by atoms with E-state index in [9.17, 15) is 14.7 Å². The van der Waals surface area contributed by atoms with E-state index >= 15 is 8.78 Å². The van der Waals surface area contributed by atoms with Gasteiger partial charge >= 0.3 is 5.97 Å². The van der Waals surface area contributed by atoms with Crippen molar-refractivity contribution < 1.29 is 18.7 Å². The predicted molar refractivity (Wildman–Crippen MR) is 107 cm³/mol. The number of rotatable bonds is 4. The van der Waals surface area contributed by atoms with E-state index in [-0.39, 0.29) is 28.6 Å². The molecule has 0 bridgehead atoms. The summed E-state index contributed by atoms with van der Waals surface area (Å²) in [6.45, 7) is 5.65. The van der Waals surface area contributed by atoms with Gasteiger partial charge in [0.2, 0.25) is 5.43 Å². The molecule has 0 radical (unpaired) electrons. The summed E-state index contributed by atoms with van der Waals surface area (Å²) in [5, 5.41) is 9.07. The van der Waals surface area contributed by atoms with Crippen LogP contribution in [0.1, 0.15) is 41.7 Å². The number of halogens is 2. The van der Waals surface area contributed by atoms with Gasteiger partial charge in [0, 0.05) is 31.0 Å². The second-order valence-electron chi connectivity index (χ2n) is 7.51. The van der Waals surface area contributed by atoms with Crippen LogP contribution in [0.2, 0.25) is 0 Å². The molecule has 2 heterocycles. The number of fused-ring (bicyclic) bond motifs is 1. The molecule has 1 atom stereocenters. The van der Waals surface area contributed by atoms with E-state index in [0.717, 1.165) is 24.6 Å². The molecule has 1 aliphatic carbocycles. The second kappa shape index (κ2) is 6.69. The molecule has 4 rings (SSSR count). The first-order chi connectivity index (χ1) is 13.7. The lowest BCUT2D eigenvalue weighted by molar-refractivity contribution is 0.0694. The molecule has 1 aliphatic heterocycles. The lowest BCUT2D eigenvalue weighted by atomic mass is 9.95. The minimum atomic E-state index is -1.42. The number of aromatic nitrogens is 1. The highest BCUT2D eigenvalue weighted by atomic mass is 19.1. The molecule has 2 aromatic rings. The number of benzene rings is 1. The second-order valence-corrected chi connectivity index (χ2v) is 7.51. The smallest absolute Gasteiger partial charge is 0.341 e. The number of hydrogen-bond donors (Lipinski definition) is 1. The van der Waals surface area contributed by atoms with Crippen molar-refractivity contribution in [2.75, 3.05) is 7.05 Å². The number of carboxylic acid groups (broad SMARTS) is 1. The van der Waals surface area contributed by atoms with Crippen molar-refractivity contribution in [3.8, 4) is 0 Å². The van der Waals surface area contributed by atoms with Crippen LogP contribution in [-0.4, -0.2) is 33.6 Å². The minimum absolute atomic E-state index is 0.0556. The predicted octanol–water partition coefficient (Wildman–Crippen LogP) is 4.10. The number of carboxylic acids is 1. The normalized spacial score (nSPS) is 19.2. The summed E-state index contributed by atoms with van der Waals surface area (Å²) in [7, 11) is 1.86. The van der Waals surface area contributed by atoms with Gasteiger partial charge in [0.1, 0.15) is 11.4 Å². The largest absolute Gasteiger partial charge is 0.477 e. The molecule has 7 heteroatoms. The Labute approximate surface area is 165 Å². The number of nitrogens with zero attached hydrogens (tertiary/aromatic N) is 2. The van der Waals surface area contributed by atoms with E-state index < -0.39 is 28.6 Å². The van der Waals surface area contributed by atoms with E-state index in [1.807, 2.05) is 18.9 Å². The molecule has 5 nitrogen and oxygen atoms in total. The molecular formula is C22H20F2N2O3. The maximum atomic E-state index is 15.7. The van der Waals surface area contributed by atoms with Gasteiger partial charge in [-0.05, 0) is 43.6 Å². The van der Waals surface area contributed by atoms with Gasteiger partial charge in [-0.15, -0.1) is 0 Å². The summed E-state index contributed by atoms with van der Waals surface area (Å²) >= 11 is 0. The Balaban J connectivity index is 2.05. The first kappa shape index (κ1) is 19.1. The van der Waals surface area contributed by atoms with Crippen molar-refractivity contribution in [1.82, 2.24) is 9.47 Å². The standard InChI is InChI=1S/C22H20F2N2O3/c1-4-13-8-12(7-11(2)25(13)3)18-17(23)9-15-20(19(18)24)26(14-5-6-14)10-16(21(15)27)22(28)29/h4,7-11,14H,1,5-6H2,2-3H3,(H,28,29). The quantitative estimate of drug-likeness (QED) is 0.842. The molecule has 1 saturated carbocycles. The summed E-state index contributed by atoms with van der Waals surface area (Å²) < 4.78 is 32.2. The van der Waals surface area contributed by atoms with Crippen molar-refractivity contribution in [2.45, 2.75) is 31.8 Å². The highest BCUT2D eigenvalue weighted by Crippen LogP contribution is 2.39. The van der Waals surface area contributed by atoms with Crippen molar-refractivity contribution in [3.63, 3.8) is 0 Å². The monoisotopic (exact) mass is 398 g/mol. The van der Waals surface area contributed by atoms with E-state index in [2.05, 4.69) is 6.58 Å². The average molecular weight is 398 g/mol. The highest BCUT2D eigenvalue weighted by molar-refractivity contribution is 5.94. The Morgan fingerprint density at radius 3 is 2.62 bits per heavy atom. The van der Waals surface area contributed by atoms with E-state index in [1.165, 1.54) is 10.8 Å². The molecule has 29 heavy (non-hydrogen) atoms. The van der Waals surface area contributed by atoms with Gasteiger partial charge in [-0.2, -0.15) is 0 Å². The summed E-state index contributed by atoms with van der Waals surface area (Å²) in [5.74, 6) is -3.18. The molecule has 2 aliphatic rings. The van der Waals surface area contributed by atoms with Gasteiger partial charge in [0.05, 0.1) is 16.5 Å². The molecule has 1 fully saturated rings.